The van der Waals surface area contributed by atoms with E-state index in [-0.39, 0.29) is 11.8 Å². The highest BCUT2D eigenvalue weighted by molar-refractivity contribution is 7.95. The van der Waals surface area contributed by atoms with Gasteiger partial charge in [0, 0.05) is 30.4 Å². The Labute approximate surface area is 211 Å². The average molecular weight is 515 g/mol. The van der Waals surface area contributed by atoms with Crippen molar-refractivity contribution in [2.45, 2.75) is 38.1 Å². The molecule has 7 nitrogen and oxygen atoms in total. The standard InChI is InChI=1S/C26H31N3O4S2/c1-18(2)16-21(28-26(31)23-17-20-11-6-7-12-22(20)34-23)25(30)27-14-9-15-29(4)35(32,33)24-13-8-5-10-19(24)3/h5-8,10-13,16-17,21H,9,14-15H2,1-4H3,(H2-,27,28,30,31,32,33)/p+1. The molecule has 1 heterocycles. The van der Waals surface area contributed by atoms with Gasteiger partial charge in [0.25, 0.3) is 5.91 Å². The van der Waals surface area contributed by atoms with E-state index in [1.807, 2.05) is 50.2 Å². The minimum absolute atomic E-state index is 0.304. The molecule has 3 rings (SSSR count). The molecule has 3 N–H and O–H groups in total. The summed E-state index contributed by atoms with van der Waals surface area (Å²) in [6.45, 7) is 6.15. The minimum Gasteiger partial charge on any atom is -0.354 e. The van der Waals surface area contributed by atoms with Crippen LogP contribution in [0.2, 0.25) is 0 Å². The fourth-order valence-corrected chi connectivity index (χ4v) is 6.01. The van der Waals surface area contributed by atoms with Gasteiger partial charge in [-0.25, -0.2) is 0 Å². The molecule has 2 unspecified atom stereocenters. The summed E-state index contributed by atoms with van der Waals surface area (Å²) in [5.41, 5.74) is 1.65. The van der Waals surface area contributed by atoms with Gasteiger partial charge in [-0.3, -0.25) is 9.59 Å². The number of aryl methyl sites for hydroxylation is 1. The van der Waals surface area contributed by atoms with Crippen LogP contribution in [0.3, 0.4) is 0 Å². The summed E-state index contributed by atoms with van der Waals surface area (Å²) in [4.78, 5) is 26.6. The molecule has 9 heteroatoms. The van der Waals surface area contributed by atoms with Gasteiger partial charge in [0.15, 0.2) is 0 Å². The van der Waals surface area contributed by atoms with Crippen LogP contribution in [-0.2, 0) is 19.4 Å². The number of carbonyl (C=O) groups is 2. The maximum absolute atomic E-state index is 12.9. The van der Waals surface area contributed by atoms with Crippen molar-refractivity contribution in [2.75, 3.05) is 20.1 Å². The Morgan fingerprint density at radius 3 is 2.51 bits per heavy atom. The van der Waals surface area contributed by atoms with Crippen molar-refractivity contribution < 1.29 is 18.4 Å². The van der Waals surface area contributed by atoms with Crippen molar-refractivity contribution >= 4 is 43.6 Å². The average Bonchev–Trinajstić information content (AvgIpc) is 3.25. The summed E-state index contributed by atoms with van der Waals surface area (Å²) in [5.74, 6) is -0.631. The molecule has 0 aliphatic rings. The van der Waals surface area contributed by atoms with Gasteiger partial charge in [-0.15, -0.1) is 11.3 Å². The zero-order valence-electron chi connectivity index (χ0n) is 20.4. The van der Waals surface area contributed by atoms with Crippen molar-refractivity contribution in [2.24, 2.45) is 0 Å². The zero-order valence-corrected chi connectivity index (χ0v) is 22.0. The third kappa shape index (κ3) is 6.85. The van der Waals surface area contributed by atoms with Crippen molar-refractivity contribution in [3.63, 3.8) is 0 Å². The molecule has 0 spiro atoms. The number of carbonyl (C=O) groups excluding carboxylic acids is 2. The Hall–Kier alpha value is -2.85. The number of rotatable bonds is 10. The van der Waals surface area contributed by atoms with Crippen molar-refractivity contribution in [1.82, 2.24) is 14.9 Å². The second-order valence-corrected chi connectivity index (χ2v) is 11.7. The minimum atomic E-state index is -3.36. The zero-order chi connectivity index (χ0) is 25.6. The number of hydrogen-bond acceptors (Lipinski definition) is 4. The van der Waals surface area contributed by atoms with Crippen LogP contribution in [0.15, 0.2) is 71.1 Å². The van der Waals surface area contributed by atoms with Gasteiger partial charge < -0.3 is 10.6 Å². The molecule has 0 aliphatic heterocycles. The van der Waals surface area contributed by atoms with Crippen molar-refractivity contribution in [3.8, 4) is 0 Å². The van der Waals surface area contributed by atoms with Crippen LogP contribution >= 0.6 is 11.3 Å². The summed E-state index contributed by atoms with van der Waals surface area (Å²) >= 11 is 1.38. The number of fused-ring (bicyclic) bond motifs is 1. The van der Waals surface area contributed by atoms with Crippen LogP contribution < -0.4 is 10.6 Å². The highest BCUT2D eigenvalue weighted by atomic mass is 32.3. The SMILES string of the molecule is CC(C)=CC(NC(=O)c1cc2ccccc2s1)C(=O)NCCCN(C)[S+](=O)(O)c1ccccc1C. The van der Waals surface area contributed by atoms with Gasteiger partial charge in [-0.05, 0) is 55.0 Å². The summed E-state index contributed by atoms with van der Waals surface area (Å²) in [6.07, 6.45) is 2.18. The van der Waals surface area contributed by atoms with E-state index in [0.29, 0.717) is 29.3 Å². The van der Waals surface area contributed by atoms with E-state index >= 15 is 0 Å². The molecule has 3 aromatic rings. The molecule has 2 atom stereocenters. The molecule has 0 radical (unpaired) electrons. The molecule has 2 amide bonds. The summed E-state index contributed by atoms with van der Waals surface area (Å²) in [6, 6.07) is 15.8. The fourth-order valence-electron chi connectivity index (χ4n) is 3.59. The third-order valence-corrected chi connectivity index (χ3v) is 8.64. The molecule has 1 aromatic heterocycles. The van der Waals surface area contributed by atoms with Crippen LogP contribution in [0.25, 0.3) is 10.1 Å². The molecule has 0 bridgehead atoms. The molecular formula is C26H32N3O4S2+. The summed E-state index contributed by atoms with van der Waals surface area (Å²) in [7, 11) is -1.76. The van der Waals surface area contributed by atoms with E-state index in [1.54, 1.807) is 38.2 Å². The van der Waals surface area contributed by atoms with E-state index in [4.69, 9.17) is 0 Å². The molecule has 186 valence electrons. The van der Waals surface area contributed by atoms with Gasteiger partial charge in [0.1, 0.15) is 6.04 Å². The van der Waals surface area contributed by atoms with Gasteiger partial charge >= 0.3 is 10.4 Å². The Balaban J connectivity index is 1.56. The highest BCUT2D eigenvalue weighted by Gasteiger charge is 2.36. The molecule has 0 aliphatic carbocycles. The van der Waals surface area contributed by atoms with E-state index < -0.39 is 16.4 Å². The Morgan fingerprint density at radius 1 is 1.14 bits per heavy atom. The number of benzene rings is 2. The first kappa shape index (κ1) is 26.7. The second-order valence-electron chi connectivity index (χ2n) is 8.60. The van der Waals surface area contributed by atoms with Gasteiger partial charge in [0.05, 0.1) is 4.88 Å². The quantitative estimate of drug-likeness (QED) is 0.208. The van der Waals surface area contributed by atoms with E-state index in [9.17, 15) is 18.4 Å². The van der Waals surface area contributed by atoms with Gasteiger partial charge in [0.2, 0.25) is 10.8 Å². The first-order valence-corrected chi connectivity index (χ1v) is 13.6. The molecule has 0 saturated carbocycles. The number of amides is 2. The van der Waals surface area contributed by atoms with Gasteiger partial charge in [-0.1, -0.05) is 52.4 Å². The lowest BCUT2D eigenvalue weighted by atomic mass is 10.1. The highest BCUT2D eigenvalue weighted by Crippen LogP contribution is 2.25. The molecule has 2 aromatic carbocycles. The number of allylic oxidation sites excluding steroid dienone is 1. The summed E-state index contributed by atoms with van der Waals surface area (Å²) < 4.78 is 25.9. The fraction of sp³-hybridized carbons (Fsp3) is 0.308. The maximum atomic E-state index is 12.9. The van der Waals surface area contributed by atoms with Crippen LogP contribution in [0.5, 0.6) is 0 Å². The first-order valence-electron chi connectivity index (χ1n) is 11.4. The molecule has 0 saturated heterocycles. The second kappa shape index (κ2) is 11.7. The predicted molar refractivity (Wildman–Crippen MR) is 143 cm³/mol. The smallest absolute Gasteiger partial charge is 0.325 e. The number of hydrogen-bond donors (Lipinski definition) is 3. The van der Waals surface area contributed by atoms with Crippen molar-refractivity contribution in [3.05, 3.63) is 76.7 Å². The lowest BCUT2D eigenvalue weighted by Crippen LogP contribution is -2.46. The number of nitrogens with one attached hydrogen (secondary N) is 2. The topological polar surface area (TPSA) is 98.7 Å². The first-order chi connectivity index (χ1) is 16.6. The van der Waals surface area contributed by atoms with Crippen molar-refractivity contribution in [1.29, 1.82) is 0 Å². The lowest BCUT2D eigenvalue weighted by Gasteiger charge is -2.18. The largest absolute Gasteiger partial charge is 0.354 e. The number of thiophene rings is 1. The van der Waals surface area contributed by atoms with E-state index in [0.717, 1.165) is 21.2 Å². The van der Waals surface area contributed by atoms with Crippen LogP contribution in [-0.4, -0.2) is 46.9 Å². The number of nitrogens with zero attached hydrogens (tertiary/aromatic N) is 1. The Kier molecular flexibility index (Phi) is 8.96. The third-order valence-electron chi connectivity index (χ3n) is 5.47. The van der Waals surface area contributed by atoms with E-state index in [1.165, 1.54) is 15.6 Å². The van der Waals surface area contributed by atoms with Crippen LogP contribution in [0, 0.1) is 6.92 Å². The molecule has 0 fully saturated rings. The van der Waals surface area contributed by atoms with Crippen LogP contribution in [0.4, 0.5) is 0 Å². The lowest BCUT2D eigenvalue weighted by molar-refractivity contribution is -0.121. The maximum Gasteiger partial charge on any atom is 0.325 e. The monoisotopic (exact) mass is 514 g/mol. The predicted octanol–water partition coefficient (Wildman–Crippen LogP) is 4.66. The van der Waals surface area contributed by atoms with Crippen LogP contribution in [0.1, 0.15) is 35.5 Å². The normalized spacial score (nSPS) is 13.8. The van der Waals surface area contributed by atoms with Gasteiger partial charge in [-0.2, -0.15) is 4.55 Å². The summed E-state index contributed by atoms with van der Waals surface area (Å²) in [5, 5.41) is 6.63. The molecular weight excluding hydrogens is 482 g/mol. The molecule has 35 heavy (non-hydrogen) atoms. The Morgan fingerprint density at radius 2 is 1.83 bits per heavy atom. The van der Waals surface area contributed by atoms with E-state index in [2.05, 4.69) is 10.6 Å². The Bertz CT molecular complexity index is 1250.